The van der Waals surface area contributed by atoms with Crippen LogP contribution < -0.4 is 0 Å². The van der Waals surface area contributed by atoms with Gasteiger partial charge in [0.25, 0.3) is 0 Å². The lowest BCUT2D eigenvalue weighted by molar-refractivity contribution is -0.136. The number of aliphatic carboxylic acids is 1. The second-order valence-electron chi connectivity index (χ2n) is 6.38. The average Bonchev–Trinajstić information content (AvgIpc) is 2.28. The smallest absolute Gasteiger partial charge is 0.303 e. The molecular weight excluding hydrogens is 240 g/mol. The molecule has 0 radical (unpaired) electrons. The first kappa shape index (κ1) is 16.0. The monoisotopic (exact) mass is 266 g/mol. The van der Waals surface area contributed by atoms with E-state index in [0.29, 0.717) is 13.0 Å². The van der Waals surface area contributed by atoms with Crippen LogP contribution >= 0.6 is 0 Å². The van der Waals surface area contributed by atoms with Crippen molar-refractivity contribution in [1.29, 1.82) is 0 Å². The van der Waals surface area contributed by atoms with Gasteiger partial charge in [0.15, 0.2) is 0 Å². The lowest BCUT2D eigenvalue weighted by atomic mass is 9.62. The number of hydrogen-bond donors (Lipinski definition) is 1. The van der Waals surface area contributed by atoms with Crippen molar-refractivity contribution in [3.63, 3.8) is 0 Å². The Hall–Kier alpha value is -1.09. The average molecular weight is 266 g/mol. The number of hydrogen-bond acceptors (Lipinski definition) is 2. The van der Waals surface area contributed by atoms with Crippen LogP contribution in [0.25, 0.3) is 0 Å². The molecule has 0 aromatic rings. The van der Waals surface area contributed by atoms with Crippen LogP contribution in [0.4, 0.5) is 0 Å². The molecule has 108 valence electrons. The van der Waals surface area contributed by atoms with Crippen molar-refractivity contribution >= 4 is 5.97 Å². The second-order valence-corrected chi connectivity index (χ2v) is 6.38. The molecule has 0 aromatic heterocycles. The van der Waals surface area contributed by atoms with Crippen molar-refractivity contribution in [2.75, 3.05) is 6.61 Å². The summed E-state index contributed by atoms with van der Waals surface area (Å²) >= 11 is 0. The van der Waals surface area contributed by atoms with E-state index in [0.717, 1.165) is 5.57 Å². The van der Waals surface area contributed by atoms with Gasteiger partial charge in [-0.1, -0.05) is 51.5 Å². The van der Waals surface area contributed by atoms with Crippen LogP contribution in [0.3, 0.4) is 0 Å². The second kappa shape index (κ2) is 5.91. The Morgan fingerprint density at radius 2 is 2.11 bits per heavy atom. The minimum absolute atomic E-state index is 0.0473. The highest BCUT2D eigenvalue weighted by Gasteiger charge is 2.43. The van der Waals surface area contributed by atoms with E-state index in [-0.39, 0.29) is 23.4 Å². The molecule has 3 nitrogen and oxygen atoms in total. The first-order valence-electron chi connectivity index (χ1n) is 6.94. The Labute approximate surface area is 116 Å². The van der Waals surface area contributed by atoms with Crippen molar-refractivity contribution in [3.05, 3.63) is 23.8 Å². The highest BCUT2D eigenvalue weighted by Crippen LogP contribution is 2.47. The fourth-order valence-electron chi connectivity index (χ4n) is 2.38. The van der Waals surface area contributed by atoms with Gasteiger partial charge in [0.1, 0.15) is 0 Å². The van der Waals surface area contributed by atoms with Crippen molar-refractivity contribution in [2.24, 2.45) is 10.8 Å². The highest BCUT2D eigenvalue weighted by atomic mass is 16.5. The lowest BCUT2D eigenvalue weighted by Crippen LogP contribution is -2.43. The maximum atomic E-state index is 10.7. The van der Waals surface area contributed by atoms with Gasteiger partial charge in [0, 0.05) is 18.4 Å². The van der Waals surface area contributed by atoms with Crippen LogP contribution in [-0.4, -0.2) is 23.8 Å². The summed E-state index contributed by atoms with van der Waals surface area (Å²) in [5.74, 6) is -0.751. The predicted molar refractivity (Wildman–Crippen MR) is 77.1 cm³/mol. The van der Waals surface area contributed by atoms with Gasteiger partial charge in [-0.3, -0.25) is 4.79 Å². The number of rotatable bonds is 5. The van der Waals surface area contributed by atoms with Crippen LogP contribution in [0, 0.1) is 10.8 Å². The molecule has 0 fully saturated rings. The Morgan fingerprint density at radius 3 is 2.58 bits per heavy atom. The predicted octanol–water partition coefficient (Wildman–Crippen LogP) is 3.80. The third-order valence-electron chi connectivity index (χ3n) is 4.15. The summed E-state index contributed by atoms with van der Waals surface area (Å²) in [7, 11) is 0. The fourth-order valence-corrected chi connectivity index (χ4v) is 2.38. The molecule has 0 heterocycles. The maximum absolute atomic E-state index is 10.7. The Kier molecular flexibility index (Phi) is 4.97. The molecule has 0 amide bonds. The first-order chi connectivity index (χ1) is 8.70. The van der Waals surface area contributed by atoms with Crippen molar-refractivity contribution < 1.29 is 14.6 Å². The Balaban J connectivity index is 2.98. The van der Waals surface area contributed by atoms with E-state index in [9.17, 15) is 4.79 Å². The summed E-state index contributed by atoms with van der Waals surface area (Å²) < 4.78 is 5.85. The Bertz CT molecular complexity index is 387. The van der Waals surface area contributed by atoms with Gasteiger partial charge in [-0.05, 0) is 18.8 Å². The van der Waals surface area contributed by atoms with Gasteiger partial charge in [-0.2, -0.15) is 0 Å². The maximum Gasteiger partial charge on any atom is 0.303 e. The standard InChI is InChI=1S/C16H26O3/c1-6-19-13-9-7-12(8-10-14(17)18)11-16(13,5)15(2,3)4/h7,9,11,13H,6,8,10H2,1-5H3,(H,17,18). The van der Waals surface area contributed by atoms with E-state index < -0.39 is 5.97 Å². The van der Waals surface area contributed by atoms with E-state index in [4.69, 9.17) is 9.84 Å². The van der Waals surface area contributed by atoms with Gasteiger partial charge in [-0.25, -0.2) is 0 Å². The molecule has 19 heavy (non-hydrogen) atoms. The molecule has 1 aliphatic carbocycles. The number of carboxylic acid groups (broad SMARTS) is 1. The largest absolute Gasteiger partial charge is 0.481 e. The van der Waals surface area contributed by atoms with Crippen LogP contribution in [-0.2, 0) is 9.53 Å². The molecule has 0 aromatic carbocycles. The van der Waals surface area contributed by atoms with E-state index in [1.807, 2.05) is 13.0 Å². The van der Waals surface area contributed by atoms with Gasteiger partial charge in [0.05, 0.1) is 6.10 Å². The topological polar surface area (TPSA) is 46.5 Å². The number of ether oxygens (including phenoxy) is 1. The van der Waals surface area contributed by atoms with Crippen LogP contribution in [0.15, 0.2) is 23.8 Å². The van der Waals surface area contributed by atoms with E-state index in [1.54, 1.807) is 0 Å². The number of carbonyl (C=O) groups is 1. The summed E-state index contributed by atoms with van der Waals surface area (Å²) in [5.41, 5.74) is 1.02. The van der Waals surface area contributed by atoms with Gasteiger partial charge in [0.2, 0.25) is 0 Å². The van der Waals surface area contributed by atoms with E-state index >= 15 is 0 Å². The quantitative estimate of drug-likeness (QED) is 0.823. The molecule has 2 atom stereocenters. The summed E-state index contributed by atoms with van der Waals surface area (Å²) in [4.78, 5) is 10.7. The molecule has 1 N–H and O–H groups in total. The zero-order valence-electron chi connectivity index (χ0n) is 12.7. The third kappa shape index (κ3) is 3.69. The third-order valence-corrected chi connectivity index (χ3v) is 4.15. The van der Waals surface area contributed by atoms with E-state index in [1.165, 1.54) is 0 Å². The zero-order valence-corrected chi connectivity index (χ0v) is 12.7. The fraction of sp³-hybridized carbons (Fsp3) is 0.688. The minimum Gasteiger partial charge on any atom is -0.481 e. The van der Waals surface area contributed by atoms with Gasteiger partial charge < -0.3 is 9.84 Å². The molecule has 0 spiro atoms. The molecule has 2 unspecified atom stereocenters. The molecule has 0 bridgehead atoms. The van der Waals surface area contributed by atoms with Crippen LogP contribution in [0.2, 0.25) is 0 Å². The summed E-state index contributed by atoms with van der Waals surface area (Å²) in [6.45, 7) is 11.5. The zero-order chi connectivity index (χ0) is 14.7. The van der Waals surface area contributed by atoms with Crippen molar-refractivity contribution in [2.45, 2.75) is 53.6 Å². The minimum atomic E-state index is -0.751. The van der Waals surface area contributed by atoms with Gasteiger partial charge >= 0.3 is 5.97 Å². The SMILES string of the molecule is CCOC1C=CC(CCC(=O)O)=CC1(C)C(C)(C)C. The first-order valence-corrected chi connectivity index (χ1v) is 6.94. The normalized spacial score (nSPS) is 27.2. The molecule has 1 rings (SSSR count). The number of carboxylic acids is 1. The molecule has 0 saturated heterocycles. The van der Waals surface area contributed by atoms with Crippen molar-refractivity contribution in [1.82, 2.24) is 0 Å². The Morgan fingerprint density at radius 1 is 1.47 bits per heavy atom. The number of allylic oxidation sites excluding steroid dienone is 2. The van der Waals surface area contributed by atoms with Gasteiger partial charge in [-0.15, -0.1) is 0 Å². The van der Waals surface area contributed by atoms with Crippen LogP contribution in [0.5, 0.6) is 0 Å². The molecule has 0 aliphatic heterocycles. The molecule has 0 saturated carbocycles. The lowest BCUT2D eigenvalue weighted by Gasteiger charge is -2.46. The summed E-state index contributed by atoms with van der Waals surface area (Å²) in [6, 6.07) is 0. The van der Waals surface area contributed by atoms with E-state index in [2.05, 4.69) is 39.8 Å². The highest BCUT2D eigenvalue weighted by molar-refractivity contribution is 5.67. The molecule has 3 heteroatoms. The molecule has 1 aliphatic rings. The summed E-state index contributed by atoms with van der Waals surface area (Å²) in [5, 5.41) is 8.79. The van der Waals surface area contributed by atoms with Crippen LogP contribution in [0.1, 0.15) is 47.5 Å². The van der Waals surface area contributed by atoms with Crippen molar-refractivity contribution in [3.8, 4) is 0 Å². The molecular formula is C16H26O3. The summed E-state index contributed by atoms with van der Waals surface area (Å²) in [6.07, 6.45) is 7.09.